The van der Waals surface area contributed by atoms with Gasteiger partial charge in [-0.25, -0.2) is 9.18 Å². The number of para-hydroxylation sites is 1. The van der Waals surface area contributed by atoms with E-state index in [-0.39, 0.29) is 5.82 Å². The van der Waals surface area contributed by atoms with Gasteiger partial charge in [-0.3, -0.25) is 14.5 Å². The molecule has 0 atom stereocenters. The predicted octanol–water partition coefficient (Wildman–Crippen LogP) is 5.40. The van der Waals surface area contributed by atoms with E-state index in [4.69, 9.17) is 9.72 Å². The lowest BCUT2D eigenvalue weighted by atomic mass is 10.0. The number of thioether (sulfide) groups is 1. The van der Waals surface area contributed by atoms with E-state index in [2.05, 4.69) is 15.2 Å². The molecule has 0 saturated heterocycles. The minimum atomic E-state index is -0.436. The number of pyridine rings is 2. The number of methoxy groups -OCH3 is 1. The van der Waals surface area contributed by atoms with E-state index in [9.17, 15) is 9.18 Å². The van der Waals surface area contributed by atoms with Crippen LogP contribution in [0.5, 0.6) is 0 Å². The highest BCUT2D eigenvalue weighted by Crippen LogP contribution is 2.32. The van der Waals surface area contributed by atoms with E-state index in [1.807, 2.05) is 47.9 Å². The summed E-state index contributed by atoms with van der Waals surface area (Å²) in [7, 11) is 1.36. The molecule has 0 aliphatic heterocycles. The Bertz CT molecular complexity index is 1520. The van der Waals surface area contributed by atoms with Gasteiger partial charge in [-0.1, -0.05) is 30.0 Å². The Labute approximate surface area is 205 Å². The smallest absolute Gasteiger partial charge is 0.340 e. The molecule has 174 valence electrons. The van der Waals surface area contributed by atoms with Gasteiger partial charge in [0.2, 0.25) is 0 Å². The van der Waals surface area contributed by atoms with Crippen LogP contribution in [0.25, 0.3) is 28.0 Å². The molecule has 0 unspecified atom stereocenters. The summed E-state index contributed by atoms with van der Waals surface area (Å²) in [5.41, 5.74) is 4.18. The molecule has 0 saturated carbocycles. The molecular weight excluding hydrogens is 465 g/mol. The van der Waals surface area contributed by atoms with Crippen molar-refractivity contribution in [3.63, 3.8) is 0 Å². The SMILES string of the molecule is COC(=O)c1c(CSc2nnc(-c3ccncc3)n2-c2ccc(F)cc2)nc2ccccc2c1C. The largest absolute Gasteiger partial charge is 0.465 e. The second-order valence-corrected chi connectivity index (χ2v) is 8.65. The van der Waals surface area contributed by atoms with Gasteiger partial charge in [0.05, 0.1) is 23.9 Å². The number of rotatable bonds is 6. The molecule has 0 fully saturated rings. The van der Waals surface area contributed by atoms with Gasteiger partial charge in [0.25, 0.3) is 0 Å². The molecule has 35 heavy (non-hydrogen) atoms. The van der Waals surface area contributed by atoms with E-state index in [1.165, 1.54) is 31.0 Å². The van der Waals surface area contributed by atoms with Crippen LogP contribution in [0.4, 0.5) is 4.39 Å². The van der Waals surface area contributed by atoms with Crippen molar-refractivity contribution in [2.75, 3.05) is 7.11 Å². The summed E-state index contributed by atoms with van der Waals surface area (Å²) < 4.78 is 20.5. The third-order valence-electron chi connectivity index (χ3n) is 5.61. The van der Waals surface area contributed by atoms with Gasteiger partial charge >= 0.3 is 5.97 Å². The molecule has 0 N–H and O–H groups in total. The average molecular weight is 486 g/mol. The zero-order valence-electron chi connectivity index (χ0n) is 19.0. The minimum absolute atomic E-state index is 0.333. The standard InChI is InChI=1S/C26H20FN5O2S/c1-16-20-5-3-4-6-21(20)29-22(23(16)25(33)34-2)15-35-26-31-30-24(17-11-13-28-14-12-17)32(26)19-9-7-18(27)8-10-19/h3-14H,15H2,1-2H3. The van der Waals surface area contributed by atoms with Crippen LogP contribution in [-0.2, 0) is 10.5 Å². The topological polar surface area (TPSA) is 82.8 Å². The fourth-order valence-corrected chi connectivity index (χ4v) is 4.82. The first-order valence-electron chi connectivity index (χ1n) is 10.8. The number of halogens is 1. The number of aromatic nitrogens is 5. The van der Waals surface area contributed by atoms with E-state index >= 15 is 0 Å². The number of fused-ring (bicyclic) bond motifs is 1. The number of nitrogens with zero attached hydrogens (tertiary/aromatic N) is 5. The number of benzene rings is 2. The molecule has 0 radical (unpaired) electrons. The van der Waals surface area contributed by atoms with Gasteiger partial charge in [0, 0.05) is 34.8 Å². The van der Waals surface area contributed by atoms with Crippen LogP contribution in [0.15, 0.2) is 78.2 Å². The first-order chi connectivity index (χ1) is 17.1. The Morgan fingerprint density at radius 3 is 2.51 bits per heavy atom. The monoisotopic (exact) mass is 485 g/mol. The Morgan fingerprint density at radius 2 is 1.77 bits per heavy atom. The van der Waals surface area contributed by atoms with E-state index < -0.39 is 5.97 Å². The van der Waals surface area contributed by atoms with Gasteiger partial charge in [-0.05, 0) is 55.0 Å². The number of hydrogen-bond donors (Lipinski definition) is 0. The fourth-order valence-electron chi connectivity index (χ4n) is 3.93. The number of esters is 1. The van der Waals surface area contributed by atoms with E-state index in [1.54, 1.807) is 24.5 Å². The number of carbonyl (C=O) groups is 1. The lowest BCUT2D eigenvalue weighted by Crippen LogP contribution is -2.10. The molecule has 7 nitrogen and oxygen atoms in total. The summed E-state index contributed by atoms with van der Waals surface area (Å²) in [5, 5.41) is 10.3. The lowest BCUT2D eigenvalue weighted by molar-refractivity contribution is 0.0598. The number of hydrogen-bond acceptors (Lipinski definition) is 7. The summed E-state index contributed by atoms with van der Waals surface area (Å²) in [4.78, 5) is 21.5. The molecule has 5 rings (SSSR count). The fraction of sp³-hybridized carbons (Fsp3) is 0.115. The second-order valence-electron chi connectivity index (χ2n) is 7.71. The summed E-state index contributed by atoms with van der Waals surface area (Å²) in [6.45, 7) is 1.90. The summed E-state index contributed by atoms with van der Waals surface area (Å²) in [6.07, 6.45) is 3.35. The zero-order valence-corrected chi connectivity index (χ0v) is 19.8. The minimum Gasteiger partial charge on any atom is -0.465 e. The van der Waals surface area contributed by atoms with Crippen LogP contribution in [-0.4, -0.2) is 37.8 Å². The Balaban J connectivity index is 1.58. The van der Waals surface area contributed by atoms with Crippen LogP contribution >= 0.6 is 11.8 Å². The molecule has 0 aliphatic carbocycles. The van der Waals surface area contributed by atoms with Gasteiger partial charge in [-0.15, -0.1) is 10.2 Å². The summed E-state index contributed by atoms with van der Waals surface area (Å²) >= 11 is 1.38. The van der Waals surface area contributed by atoms with Crippen molar-refractivity contribution in [3.05, 3.63) is 95.7 Å². The maximum Gasteiger partial charge on any atom is 0.340 e. The first kappa shape index (κ1) is 22.7. The predicted molar refractivity (Wildman–Crippen MR) is 132 cm³/mol. The summed E-state index contributed by atoms with van der Waals surface area (Å²) in [6, 6.07) is 17.5. The molecule has 5 aromatic rings. The van der Waals surface area contributed by atoms with Gasteiger partial charge in [-0.2, -0.15) is 0 Å². The van der Waals surface area contributed by atoms with Crippen LogP contribution in [0.1, 0.15) is 21.6 Å². The zero-order chi connectivity index (χ0) is 24.4. The lowest BCUT2D eigenvalue weighted by Gasteiger charge is -2.14. The highest BCUT2D eigenvalue weighted by Gasteiger charge is 2.22. The van der Waals surface area contributed by atoms with Gasteiger partial charge < -0.3 is 4.74 Å². The Morgan fingerprint density at radius 1 is 1.03 bits per heavy atom. The van der Waals surface area contributed by atoms with E-state index in [0.29, 0.717) is 33.7 Å². The Hall–Kier alpha value is -4.11. The van der Waals surface area contributed by atoms with Crippen molar-refractivity contribution in [2.45, 2.75) is 17.8 Å². The third kappa shape index (κ3) is 4.38. The second kappa shape index (κ2) is 9.63. The quantitative estimate of drug-likeness (QED) is 0.235. The number of aryl methyl sites for hydroxylation is 1. The number of ether oxygens (including phenoxy) is 1. The Kier molecular flexibility index (Phi) is 6.24. The molecule has 0 bridgehead atoms. The molecule has 0 aliphatic rings. The van der Waals surface area contributed by atoms with Crippen molar-refractivity contribution < 1.29 is 13.9 Å². The molecule has 9 heteroatoms. The summed E-state index contributed by atoms with van der Waals surface area (Å²) in [5.74, 6) is 0.178. The third-order valence-corrected chi connectivity index (χ3v) is 6.55. The van der Waals surface area contributed by atoms with Crippen molar-refractivity contribution >= 4 is 28.6 Å². The van der Waals surface area contributed by atoms with E-state index in [0.717, 1.165) is 22.0 Å². The molecule has 0 amide bonds. The van der Waals surface area contributed by atoms with Crippen LogP contribution in [0.3, 0.4) is 0 Å². The highest BCUT2D eigenvalue weighted by atomic mass is 32.2. The van der Waals surface area contributed by atoms with Crippen molar-refractivity contribution in [2.24, 2.45) is 0 Å². The average Bonchev–Trinajstić information content (AvgIpc) is 3.32. The molecular formula is C26H20FN5O2S. The first-order valence-corrected chi connectivity index (χ1v) is 11.8. The normalized spacial score (nSPS) is 11.1. The number of carbonyl (C=O) groups excluding carboxylic acids is 1. The van der Waals surface area contributed by atoms with Crippen LogP contribution in [0.2, 0.25) is 0 Å². The van der Waals surface area contributed by atoms with Crippen molar-refractivity contribution in [3.8, 4) is 17.1 Å². The van der Waals surface area contributed by atoms with Crippen LogP contribution < -0.4 is 0 Å². The molecule has 2 aromatic carbocycles. The van der Waals surface area contributed by atoms with Crippen LogP contribution in [0, 0.1) is 12.7 Å². The van der Waals surface area contributed by atoms with Crippen molar-refractivity contribution in [1.29, 1.82) is 0 Å². The maximum absolute atomic E-state index is 13.6. The van der Waals surface area contributed by atoms with Gasteiger partial charge in [0.15, 0.2) is 11.0 Å². The highest BCUT2D eigenvalue weighted by molar-refractivity contribution is 7.98. The molecule has 3 heterocycles. The maximum atomic E-state index is 13.6. The molecule has 0 spiro atoms. The van der Waals surface area contributed by atoms with Crippen molar-refractivity contribution in [1.82, 2.24) is 24.7 Å². The molecule has 3 aromatic heterocycles. The van der Waals surface area contributed by atoms with Gasteiger partial charge in [0.1, 0.15) is 5.82 Å².